The van der Waals surface area contributed by atoms with E-state index in [4.69, 9.17) is 9.47 Å². The van der Waals surface area contributed by atoms with Crippen LogP contribution in [0.5, 0.6) is 0 Å². The Bertz CT molecular complexity index is 612. The average molecular weight is 381 g/mol. The van der Waals surface area contributed by atoms with Crippen molar-refractivity contribution in [2.75, 3.05) is 19.7 Å². The molecule has 1 amide bonds. The molecule has 2 fully saturated rings. The molecule has 2 aliphatic heterocycles. The van der Waals surface area contributed by atoms with Crippen LogP contribution in [0, 0.1) is 0 Å². The van der Waals surface area contributed by atoms with Gasteiger partial charge in [0, 0.05) is 13.1 Å². The van der Waals surface area contributed by atoms with Gasteiger partial charge in [-0.3, -0.25) is 0 Å². The van der Waals surface area contributed by atoms with Crippen molar-refractivity contribution >= 4 is 17.5 Å². The minimum absolute atomic E-state index is 0.0594. The monoisotopic (exact) mass is 380 g/mol. The van der Waals surface area contributed by atoms with Gasteiger partial charge in [0.25, 0.3) is 0 Å². The lowest BCUT2D eigenvalue weighted by Crippen LogP contribution is -2.48. The largest absolute Gasteiger partial charge is 0.593 e. The van der Waals surface area contributed by atoms with E-state index in [1.807, 2.05) is 51.1 Å². The minimum atomic E-state index is -1.23. The van der Waals surface area contributed by atoms with E-state index < -0.39 is 17.0 Å². The van der Waals surface area contributed by atoms with Crippen LogP contribution in [0.2, 0.25) is 0 Å². The van der Waals surface area contributed by atoms with Gasteiger partial charge in [-0.2, -0.15) is 0 Å². The highest BCUT2D eigenvalue weighted by atomic mass is 32.2. The molecule has 2 saturated heterocycles. The van der Waals surface area contributed by atoms with Gasteiger partial charge in [0.15, 0.2) is 4.90 Å². The molecule has 2 unspecified atom stereocenters. The van der Waals surface area contributed by atoms with E-state index in [1.165, 1.54) is 0 Å². The normalized spacial score (nSPS) is 23.8. The lowest BCUT2D eigenvalue weighted by atomic mass is 9.88. The number of rotatable bonds is 3. The van der Waals surface area contributed by atoms with Gasteiger partial charge in [-0.15, -0.1) is 4.72 Å². The molecule has 2 atom stereocenters. The van der Waals surface area contributed by atoms with Crippen LogP contribution < -0.4 is 4.72 Å². The van der Waals surface area contributed by atoms with Gasteiger partial charge in [-0.25, -0.2) is 4.79 Å². The van der Waals surface area contributed by atoms with E-state index in [2.05, 4.69) is 4.72 Å². The van der Waals surface area contributed by atoms with Crippen molar-refractivity contribution in [1.29, 1.82) is 0 Å². The summed E-state index contributed by atoms with van der Waals surface area (Å²) in [7, 11) is 0. The first kappa shape index (κ1) is 19.5. The minimum Gasteiger partial charge on any atom is -0.593 e. The Hall–Kier alpha value is -1.28. The SMILES string of the molecule is CC(C)(C)OC(=O)N1CCC2(CC1)CC(N[S+]([O-])c1ccccc1)CO2. The van der Waals surface area contributed by atoms with E-state index in [0.717, 1.165) is 24.2 Å². The van der Waals surface area contributed by atoms with Gasteiger partial charge in [0.1, 0.15) is 5.60 Å². The lowest BCUT2D eigenvalue weighted by molar-refractivity contribution is -0.0485. The van der Waals surface area contributed by atoms with Crippen LogP contribution in [-0.4, -0.2) is 52.5 Å². The van der Waals surface area contributed by atoms with Crippen LogP contribution in [-0.2, 0) is 20.8 Å². The smallest absolute Gasteiger partial charge is 0.410 e. The van der Waals surface area contributed by atoms with Crippen molar-refractivity contribution in [3.8, 4) is 0 Å². The molecule has 6 nitrogen and oxygen atoms in total. The number of carbonyl (C=O) groups is 1. The summed E-state index contributed by atoms with van der Waals surface area (Å²) in [5, 5.41) is 0. The Morgan fingerprint density at radius 3 is 2.58 bits per heavy atom. The first-order chi connectivity index (χ1) is 12.3. The number of benzene rings is 1. The maximum Gasteiger partial charge on any atom is 0.410 e. The van der Waals surface area contributed by atoms with Gasteiger partial charge in [0.05, 0.1) is 29.6 Å². The first-order valence-corrected chi connectivity index (χ1v) is 10.3. The van der Waals surface area contributed by atoms with E-state index in [0.29, 0.717) is 19.7 Å². The Morgan fingerprint density at radius 1 is 1.31 bits per heavy atom. The number of nitrogens with zero attached hydrogens (tertiary/aromatic N) is 1. The molecular formula is C19H28N2O4S. The van der Waals surface area contributed by atoms with E-state index in [9.17, 15) is 9.35 Å². The van der Waals surface area contributed by atoms with Crippen LogP contribution >= 0.6 is 0 Å². The molecular weight excluding hydrogens is 352 g/mol. The fraction of sp³-hybridized carbons (Fsp3) is 0.632. The molecule has 1 N–H and O–H groups in total. The summed E-state index contributed by atoms with van der Waals surface area (Å²) >= 11 is -1.23. The molecule has 3 rings (SSSR count). The van der Waals surface area contributed by atoms with Gasteiger partial charge >= 0.3 is 6.09 Å². The van der Waals surface area contributed by atoms with E-state index in [1.54, 1.807) is 4.90 Å². The van der Waals surface area contributed by atoms with Gasteiger partial charge < -0.3 is 18.9 Å². The molecule has 1 aromatic rings. The van der Waals surface area contributed by atoms with Crippen molar-refractivity contribution in [2.45, 2.75) is 62.2 Å². The lowest BCUT2D eigenvalue weighted by Gasteiger charge is -2.39. The van der Waals surface area contributed by atoms with E-state index in [-0.39, 0.29) is 17.7 Å². The Kier molecular flexibility index (Phi) is 5.81. The summed E-state index contributed by atoms with van der Waals surface area (Å²) in [6.45, 7) is 7.43. The molecule has 0 bridgehead atoms. The maximum atomic E-state index is 12.4. The Balaban J connectivity index is 1.49. The average Bonchev–Trinajstić information content (AvgIpc) is 2.97. The van der Waals surface area contributed by atoms with Crippen LogP contribution in [0.3, 0.4) is 0 Å². The van der Waals surface area contributed by atoms with Crippen molar-refractivity contribution < 1.29 is 18.8 Å². The third-order valence-corrected chi connectivity index (χ3v) is 6.01. The quantitative estimate of drug-likeness (QED) is 0.816. The molecule has 0 radical (unpaired) electrons. The van der Waals surface area contributed by atoms with Crippen LogP contribution in [0.4, 0.5) is 4.79 Å². The third-order valence-electron chi connectivity index (χ3n) is 4.77. The topological polar surface area (TPSA) is 73.9 Å². The van der Waals surface area contributed by atoms with E-state index >= 15 is 0 Å². The summed E-state index contributed by atoms with van der Waals surface area (Å²) in [6, 6.07) is 9.45. The third kappa shape index (κ3) is 4.91. The zero-order chi connectivity index (χ0) is 18.8. The predicted molar refractivity (Wildman–Crippen MR) is 100 cm³/mol. The van der Waals surface area contributed by atoms with Crippen LogP contribution in [0.25, 0.3) is 0 Å². The fourth-order valence-corrected chi connectivity index (χ4v) is 4.45. The molecule has 0 aliphatic carbocycles. The number of hydrogen-bond acceptors (Lipinski definition) is 5. The van der Waals surface area contributed by atoms with Gasteiger partial charge in [-0.1, -0.05) is 18.2 Å². The molecule has 0 saturated carbocycles. The maximum absolute atomic E-state index is 12.4. The van der Waals surface area contributed by atoms with Gasteiger partial charge in [-0.05, 0) is 52.2 Å². The number of piperidine rings is 1. The Morgan fingerprint density at radius 2 is 1.96 bits per heavy atom. The molecule has 7 heteroatoms. The summed E-state index contributed by atoms with van der Waals surface area (Å²) in [5.41, 5.74) is -0.705. The first-order valence-electron chi connectivity index (χ1n) is 9.11. The Labute approximate surface area is 158 Å². The zero-order valence-electron chi connectivity index (χ0n) is 15.7. The highest BCUT2D eigenvalue weighted by Crippen LogP contribution is 2.36. The fourth-order valence-electron chi connectivity index (χ4n) is 3.46. The van der Waals surface area contributed by atoms with Crippen LogP contribution in [0.1, 0.15) is 40.0 Å². The standard InChI is InChI=1S/C19H28N2O4S/c1-18(2,3)25-17(22)21-11-9-19(10-12-21)13-15(14-24-19)20-26(23)16-7-5-4-6-8-16/h4-8,15,20H,9-14H2,1-3H3. The number of hydrogen-bond donors (Lipinski definition) is 1. The molecule has 1 aromatic carbocycles. The zero-order valence-corrected chi connectivity index (χ0v) is 16.5. The van der Waals surface area contributed by atoms with Crippen molar-refractivity contribution in [1.82, 2.24) is 9.62 Å². The highest BCUT2D eigenvalue weighted by Gasteiger charge is 2.45. The highest BCUT2D eigenvalue weighted by molar-refractivity contribution is 7.89. The second kappa shape index (κ2) is 7.76. The molecule has 2 aliphatic rings. The van der Waals surface area contributed by atoms with Gasteiger partial charge in [0.2, 0.25) is 0 Å². The number of ether oxygens (including phenoxy) is 2. The molecule has 2 heterocycles. The van der Waals surface area contributed by atoms with Crippen molar-refractivity contribution in [2.24, 2.45) is 0 Å². The predicted octanol–water partition coefficient (Wildman–Crippen LogP) is 2.86. The summed E-state index contributed by atoms with van der Waals surface area (Å²) in [5.74, 6) is 0. The molecule has 1 spiro atoms. The second-order valence-corrected chi connectivity index (χ2v) is 9.31. The van der Waals surface area contributed by atoms with Crippen LogP contribution in [0.15, 0.2) is 35.2 Å². The number of amides is 1. The molecule has 144 valence electrons. The number of likely N-dealkylation sites (tertiary alicyclic amines) is 1. The second-order valence-electron chi connectivity index (χ2n) is 8.06. The summed E-state index contributed by atoms with van der Waals surface area (Å²) in [6.07, 6.45) is 2.11. The number of nitrogens with one attached hydrogen (secondary N) is 1. The molecule has 0 aromatic heterocycles. The van der Waals surface area contributed by atoms with Crippen molar-refractivity contribution in [3.05, 3.63) is 30.3 Å². The molecule has 26 heavy (non-hydrogen) atoms. The summed E-state index contributed by atoms with van der Waals surface area (Å²) in [4.78, 5) is 14.7. The summed E-state index contributed by atoms with van der Waals surface area (Å²) < 4.78 is 27.1. The number of carbonyl (C=O) groups excluding carboxylic acids is 1. The van der Waals surface area contributed by atoms with Crippen molar-refractivity contribution in [3.63, 3.8) is 0 Å².